The summed E-state index contributed by atoms with van der Waals surface area (Å²) in [6.07, 6.45) is 4.88. The van der Waals surface area contributed by atoms with Crippen LogP contribution in [0.1, 0.15) is 33.6 Å². The Bertz CT molecular complexity index is 735. The molecule has 1 saturated heterocycles. The second-order valence-corrected chi connectivity index (χ2v) is 7.70. The molecule has 0 bridgehead atoms. The minimum atomic E-state index is 0.0763. The minimum Gasteiger partial charge on any atom is -0.481 e. The van der Waals surface area contributed by atoms with E-state index in [0.717, 1.165) is 39.0 Å². The largest absolute Gasteiger partial charge is 0.481 e. The normalized spacial score (nSPS) is 18.8. The zero-order chi connectivity index (χ0) is 17.2. The Morgan fingerprint density at radius 3 is 2.80 bits per heavy atom. The first kappa shape index (κ1) is 16.5. The smallest absolute Gasteiger partial charge is 0.255 e. The molecule has 5 nitrogen and oxygen atoms in total. The van der Waals surface area contributed by atoms with Gasteiger partial charge in [0.1, 0.15) is 0 Å². The van der Waals surface area contributed by atoms with Crippen molar-refractivity contribution in [2.24, 2.45) is 0 Å². The van der Waals surface area contributed by atoms with E-state index in [2.05, 4.69) is 21.3 Å². The topological polar surface area (TPSA) is 45.7 Å². The second-order valence-electron chi connectivity index (χ2n) is 6.70. The number of carbonyl (C=O) groups is 1. The number of fused-ring (bicyclic) bond motifs is 1. The van der Waals surface area contributed by atoms with Crippen LogP contribution in [-0.2, 0) is 13.0 Å². The molecule has 0 radical (unpaired) electrons. The lowest BCUT2D eigenvalue weighted by Gasteiger charge is -2.40. The molecule has 1 fully saturated rings. The van der Waals surface area contributed by atoms with Gasteiger partial charge in [0.2, 0.25) is 5.88 Å². The van der Waals surface area contributed by atoms with Crippen LogP contribution in [0.15, 0.2) is 29.8 Å². The molecule has 0 aromatic carbocycles. The fourth-order valence-electron chi connectivity index (χ4n) is 3.83. The lowest BCUT2D eigenvalue weighted by Crippen LogP contribution is -2.47. The van der Waals surface area contributed by atoms with Gasteiger partial charge in [-0.2, -0.15) is 0 Å². The van der Waals surface area contributed by atoms with E-state index in [-0.39, 0.29) is 5.91 Å². The van der Waals surface area contributed by atoms with Gasteiger partial charge < -0.3 is 9.64 Å². The predicted octanol–water partition coefficient (Wildman–Crippen LogP) is 2.81. The Morgan fingerprint density at radius 2 is 2.08 bits per heavy atom. The van der Waals surface area contributed by atoms with Crippen molar-refractivity contribution in [1.29, 1.82) is 0 Å². The first-order chi connectivity index (χ1) is 12.2. The molecule has 2 aliphatic rings. The molecule has 2 aromatic heterocycles. The second kappa shape index (κ2) is 7.14. The number of pyridine rings is 1. The Labute approximate surface area is 152 Å². The van der Waals surface area contributed by atoms with E-state index in [1.165, 1.54) is 12.0 Å². The van der Waals surface area contributed by atoms with Crippen molar-refractivity contribution in [2.45, 2.75) is 31.8 Å². The third-order valence-corrected chi connectivity index (χ3v) is 6.32. The maximum absolute atomic E-state index is 12.6. The molecule has 2 aromatic rings. The summed E-state index contributed by atoms with van der Waals surface area (Å²) in [4.78, 5) is 22.9. The van der Waals surface area contributed by atoms with Gasteiger partial charge in [0.15, 0.2) is 0 Å². The van der Waals surface area contributed by atoms with Gasteiger partial charge in [0.05, 0.1) is 12.7 Å². The van der Waals surface area contributed by atoms with E-state index in [9.17, 15) is 4.79 Å². The molecule has 1 amide bonds. The summed E-state index contributed by atoms with van der Waals surface area (Å²) in [5.74, 6) is 0.612. The molecular formula is C19H23N3O2S. The fourth-order valence-corrected chi connectivity index (χ4v) is 4.72. The van der Waals surface area contributed by atoms with Crippen molar-refractivity contribution in [1.82, 2.24) is 14.8 Å². The SMILES string of the molecule is COc1ccc(C(=O)N2CCC(N3CCc4sccc4C3)CC2)cn1. The van der Waals surface area contributed by atoms with Crippen molar-refractivity contribution < 1.29 is 9.53 Å². The lowest BCUT2D eigenvalue weighted by molar-refractivity contribution is 0.0600. The molecule has 0 saturated carbocycles. The Hall–Kier alpha value is -1.92. The van der Waals surface area contributed by atoms with Gasteiger partial charge in [0, 0.05) is 49.4 Å². The number of hydrogen-bond donors (Lipinski definition) is 0. The number of methoxy groups -OCH3 is 1. The number of likely N-dealkylation sites (tertiary alicyclic amines) is 1. The average molecular weight is 357 g/mol. The summed E-state index contributed by atoms with van der Waals surface area (Å²) in [6, 6.07) is 6.39. The number of amides is 1. The Morgan fingerprint density at radius 1 is 1.24 bits per heavy atom. The number of thiophene rings is 1. The van der Waals surface area contributed by atoms with E-state index >= 15 is 0 Å². The Kier molecular flexibility index (Phi) is 4.72. The summed E-state index contributed by atoms with van der Waals surface area (Å²) in [5, 5.41) is 2.21. The predicted molar refractivity (Wildman–Crippen MR) is 98.1 cm³/mol. The van der Waals surface area contributed by atoms with Crippen LogP contribution < -0.4 is 4.74 Å². The molecule has 6 heteroatoms. The van der Waals surface area contributed by atoms with E-state index in [0.29, 0.717) is 17.5 Å². The number of aromatic nitrogens is 1. The van der Waals surface area contributed by atoms with E-state index in [4.69, 9.17) is 4.74 Å². The maximum Gasteiger partial charge on any atom is 0.255 e. The van der Waals surface area contributed by atoms with E-state index in [1.54, 1.807) is 30.3 Å². The van der Waals surface area contributed by atoms with E-state index in [1.807, 2.05) is 16.2 Å². The highest BCUT2D eigenvalue weighted by molar-refractivity contribution is 7.10. The van der Waals surface area contributed by atoms with Gasteiger partial charge in [-0.05, 0) is 42.3 Å². The number of carbonyl (C=O) groups excluding carboxylic acids is 1. The van der Waals surface area contributed by atoms with Crippen LogP contribution in [0.3, 0.4) is 0 Å². The van der Waals surface area contributed by atoms with E-state index < -0.39 is 0 Å². The van der Waals surface area contributed by atoms with Crippen molar-refractivity contribution in [3.8, 4) is 5.88 Å². The number of ether oxygens (including phenoxy) is 1. The first-order valence-corrected chi connectivity index (χ1v) is 9.71. The number of hydrogen-bond acceptors (Lipinski definition) is 5. The van der Waals surface area contributed by atoms with Crippen molar-refractivity contribution in [3.63, 3.8) is 0 Å². The molecule has 0 spiro atoms. The Balaban J connectivity index is 1.34. The molecule has 4 rings (SSSR count). The van der Waals surface area contributed by atoms with Gasteiger partial charge in [-0.3, -0.25) is 9.69 Å². The zero-order valence-corrected chi connectivity index (χ0v) is 15.3. The minimum absolute atomic E-state index is 0.0763. The summed E-state index contributed by atoms with van der Waals surface area (Å²) in [7, 11) is 1.58. The standard InChI is InChI=1S/C19H23N3O2S/c1-24-18-3-2-14(12-20-18)19(23)21-8-4-16(5-9-21)22-10-6-17-15(13-22)7-11-25-17/h2-3,7,11-12,16H,4-6,8-10,13H2,1H3. The summed E-state index contributed by atoms with van der Waals surface area (Å²) in [6.45, 7) is 3.86. The summed E-state index contributed by atoms with van der Waals surface area (Å²) in [5.41, 5.74) is 2.14. The molecular weight excluding hydrogens is 334 g/mol. The molecule has 2 aliphatic heterocycles. The van der Waals surface area contributed by atoms with Crippen LogP contribution in [0.2, 0.25) is 0 Å². The monoisotopic (exact) mass is 357 g/mol. The summed E-state index contributed by atoms with van der Waals surface area (Å²) >= 11 is 1.88. The van der Waals surface area contributed by atoms with Crippen LogP contribution in [-0.4, -0.2) is 53.5 Å². The van der Waals surface area contributed by atoms with Crippen molar-refractivity contribution in [2.75, 3.05) is 26.7 Å². The van der Waals surface area contributed by atoms with Gasteiger partial charge in [-0.25, -0.2) is 4.98 Å². The van der Waals surface area contributed by atoms with Gasteiger partial charge in [0.25, 0.3) is 5.91 Å². The van der Waals surface area contributed by atoms with Gasteiger partial charge in [-0.15, -0.1) is 11.3 Å². The van der Waals surface area contributed by atoms with Crippen LogP contribution >= 0.6 is 11.3 Å². The van der Waals surface area contributed by atoms with Crippen LogP contribution in [0.5, 0.6) is 5.88 Å². The summed E-state index contributed by atoms with van der Waals surface area (Å²) < 4.78 is 5.05. The van der Waals surface area contributed by atoms with Gasteiger partial charge in [-0.1, -0.05) is 0 Å². The number of rotatable bonds is 3. The third kappa shape index (κ3) is 3.41. The van der Waals surface area contributed by atoms with Crippen LogP contribution in [0.25, 0.3) is 0 Å². The van der Waals surface area contributed by atoms with Crippen LogP contribution in [0, 0.1) is 0 Å². The highest BCUT2D eigenvalue weighted by Gasteiger charge is 2.29. The third-order valence-electron chi connectivity index (χ3n) is 5.30. The molecule has 4 heterocycles. The maximum atomic E-state index is 12.6. The highest BCUT2D eigenvalue weighted by Crippen LogP contribution is 2.28. The quantitative estimate of drug-likeness (QED) is 0.847. The van der Waals surface area contributed by atoms with Crippen LogP contribution in [0.4, 0.5) is 0 Å². The van der Waals surface area contributed by atoms with Crippen molar-refractivity contribution in [3.05, 3.63) is 45.8 Å². The number of piperidine rings is 1. The molecule has 132 valence electrons. The number of nitrogens with zero attached hydrogens (tertiary/aromatic N) is 3. The molecule has 25 heavy (non-hydrogen) atoms. The average Bonchev–Trinajstić information content (AvgIpc) is 3.15. The fraction of sp³-hybridized carbons (Fsp3) is 0.474. The molecule has 0 N–H and O–H groups in total. The highest BCUT2D eigenvalue weighted by atomic mass is 32.1. The zero-order valence-electron chi connectivity index (χ0n) is 14.5. The molecule has 0 aliphatic carbocycles. The van der Waals surface area contributed by atoms with Gasteiger partial charge >= 0.3 is 0 Å². The lowest BCUT2D eigenvalue weighted by atomic mass is 9.99. The first-order valence-electron chi connectivity index (χ1n) is 8.83. The molecule has 0 atom stereocenters. The van der Waals surface area contributed by atoms with Crippen molar-refractivity contribution >= 4 is 17.2 Å². The molecule has 0 unspecified atom stereocenters.